The first-order valence-corrected chi connectivity index (χ1v) is 25.2. The van der Waals surface area contributed by atoms with Crippen molar-refractivity contribution in [2.45, 2.75) is 270 Å². The van der Waals surface area contributed by atoms with E-state index < -0.39 is 12.1 Å². The monoisotopic (exact) mass is 816 g/mol. The summed E-state index contributed by atoms with van der Waals surface area (Å²) in [7, 11) is 0. The molecule has 0 saturated carbocycles. The van der Waals surface area contributed by atoms with Crippen molar-refractivity contribution in [1.82, 2.24) is 5.32 Å². The summed E-state index contributed by atoms with van der Waals surface area (Å²) in [5, 5.41) is 23.0. The number of hydrogen-bond donors (Lipinski definition) is 3. The Morgan fingerprint density at radius 2 is 0.862 bits per heavy atom. The molecule has 0 aromatic carbocycles. The SMILES string of the molecule is CCCCC/C=C\C/C=C\CCCCCCCCCCCC(=O)OCCCCCCCC/C=C\CCCCCC(=O)NC(CO)C(O)CCCCCCCCCCC. The predicted molar refractivity (Wildman–Crippen MR) is 250 cm³/mol. The largest absolute Gasteiger partial charge is 0.466 e. The van der Waals surface area contributed by atoms with E-state index in [1.165, 1.54) is 148 Å². The average molecular weight is 816 g/mol. The van der Waals surface area contributed by atoms with Crippen molar-refractivity contribution in [3.05, 3.63) is 36.5 Å². The van der Waals surface area contributed by atoms with Crippen LogP contribution in [0.15, 0.2) is 36.5 Å². The van der Waals surface area contributed by atoms with E-state index in [0.29, 0.717) is 25.9 Å². The zero-order valence-electron chi connectivity index (χ0n) is 38.5. The third kappa shape index (κ3) is 43.7. The molecule has 0 spiro atoms. The number of esters is 1. The second-order valence-electron chi connectivity index (χ2n) is 17.1. The van der Waals surface area contributed by atoms with Crippen LogP contribution in [0.1, 0.15) is 258 Å². The van der Waals surface area contributed by atoms with E-state index in [0.717, 1.165) is 77.0 Å². The molecule has 0 aliphatic rings. The first-order chi connectivity index (χ1) is 28.5. The third-order valence-electron chi connectivity index (χ3n) is 11.4. The first kappa shape index (κ1) is 56.1. The standard InChI is InChI=1S/C52H97NO5/c1-3-5-7-9-11-13-14-15-16-17-18-19-20-23-26-30-34-38-42-46-52(57)58-47-43-39-35-31-27-24-21-22-25-29-33-37-41-45-51(56)53-49(48-54)50(55)44-40-36-32-28-12-10-8-6-4-2/h11,13,15-16,22,25,49-50,54-55H,3-10,12,14,17-21,23-24,26-48H2,1-2H3,(H,53,56)/b13-11-,16-15-,25-22-. The summed E-state index contributed by atoms with van der Waals surface area (Å²) in [4.78, 5) is 24.4. The Morgan fingerprint density at radius 1 is 0.483 bits per heavy atom. The van der Waals surface area contributed by atoms with Gasteiger partial charge in [-0.05, 0) is 83.5 Å². The minimum absolute atomic E-state index is 0.0173. The van der Waals surface area contributed by atoms with Crippen molar-refractivity contribution in [2.75, 3.05) is 13.2 Å². The number of ether oxygens (including phenoxy) is 1. The van der Waals surface area contributed by atoms with Gasteiger partial charge in [0.2, 0.25) is 5.91 Å². The van der Waals surface area contributed by atoms with Gasteiger partial charge in [-0.3, -0.25) is 9.59 Å². The Kier molecular flexibility index (Phi) is 46.2. The van der Waals surface area contributed by atoms with Gasteiger partial charge in [-0.15, -0.1) is 0 Å². The maximum atomic E-state index is 12.4. The number of amides is 1. The molecular weight excluding hydrogens is 719 g/mol. The normalized spacial score (nSPS) is 13.0. The molecule has 0 aromatic rings. The fourth-order valence-electron chi connectivity index (χ4n) is 7.49. The van der Waals surface area contributed by atoms with Gasteiger partial charge in [-0.25, -0.2) is 0 Å². The second kappa shape index (κ2) is 47.8. The Labute approximate surface area is 360 Å². The Morgan fingerprint density at radius 3 is 1.38 bits per heavy atom. The highest BCUT2D eigenvalue weighted by Crippen LogP contribution is 2.15. The van der Waals surface area contributed by atoms with Gasteiger partial charge >= 0.3 is 5.97 Å². The van der Waals surface area contributed by atoms with Crippen LogP contribution in [-0.2, 0) is 14.3 Å². The van der Waals surface area contributed by atoms with Crippen LogP contribution in [0.2, 0.25) is 0 Å². The van der Waals surface area contributed by atoms with E-state index in [4.69, 9.17) is 4.74 Å². The second-order valence-corrected chi connectivity index (χ2v) is 17.1. The van der Waals surface area contributed by atoms with Crippen molar-refractivity contribution >= 4 is 11.9 Å². The highest BCUT2D eigenvalue weighted by Gasteiger charge is 2.20. The molecule has 6 nitrogen and oxygen atoms in total. The van der Waals surface area contributed by atoms with Crippen LogP contribution >= 0.6 is 0 Å². The number of hydrogen-bond acceptors (Lipinski definition) is 5. The lowest BCUT2D eigenvalue weighted by Crippen LogP contribution is -2.45. The number of aliphatic hydroxyl groups excluding tert-OH is 2. The average Bonchev–Trinajstić information content (AvgIpc) is 3.22. The van der Waals surface area contributed by atoms with E-state index in [9.17, 15) is 19.8 Å². The topological polar surface area (TPSA) is 95.9 Å². The van der Waals surface area contributed by atoms with Crippen LogP contribution < -0.4 is 5.32 Å². The van der Waals surface area contributed by atoms with Crippen LogP contribution in [0, 0.1) is 0 Å². The molecule has 3 N–H and O–H groups in total. The number of carbonyl (C=O) groups is 2. The number of rotatable bonds is 46. The molecule has 58 heavy (non-hydrogen) atoms. The van der Waals surface area contributed by atoms with E-state index in [1.54, 1.807) is 0 Å². The molecule has 0 bridgehead atoms. The van der Waals surface area contributed by atoms with Gasteiger partial charge in [-0.1, -0.05) is 198 Å². The highest BCUT2D eigenvalue weighted by molar-refractivity contribution is 5.76. The predicted octanol–water partition coefficient (Wildman–Crippen LogP) is 14.9. The third-order valence-corrected chi connectivity index (χ3v) is 11.4. The quantitative estimate of drug-likeness (QED) is 0.0323. The lowest BCUT2D eigenvalue weighted by atomic mass is 10.0. The fourth-order valence-corrected chi connectivity index (χ4v) is 7.49. The molecule has 0 heterocycles. The number of allylic oxidation sites excluding steroid dienone is 6. The van der Waals surface area contributed by atoms with Crippen LogP contribution in [-0.4, -0.2) is 47.4 Å². The fraction of sp³-hybridized carbons (Fsp3) is 0.846. The van der Waals surface area contributed by atoms with Gasteiger partial charge in [0.25, 0.3) is 0 Å². The molecule has 0 aliphatic heterocycles. The van der Waals surface area contributed by atoms with Crippen LogP contribution in [0.5, 0.6) is 0 Å². The first-order valence-electron chi connectivity index (χ1n) is 25.2. The van der Waals surface area contributed by atoms with Gasteiger partial charge in [0, 0.05) is 12.8 Å². The molecule has 0 fully saturated rings. The summed E-state index contributed by atoms with van der Waals surface area (Å²) in [5.41, 5.74) is 0. The van der Waals surface area contributed by atoms with Crippen molar-refractivity contribution in [2.24, 2.45) is 0 Å². The summed E-state index contributed by atoms with van der Waals surface area (Å²) in [6.07, 6.45) is 56.9. The molecule has 0 saturated heterocycles. The maximum absolute atomic E-state index is 12.4. The number of carbonyl (C=O) groups excluding carboxylic acids is 2. The van der Waals surface area contributed by atoms with Gasteiger partial charge in [-0.2, -0.15) is 0 Å². The molecule has 2 atom stereocenters. The number of nitrogens with one attached hydrogen (secondary N) is 1. The van der Waals surface area contributed by atoms with Crippen LogP contribution in [0.25, 0.3) is 0 Å². The molecule has 0 aliphatic carbocycles. The lowest BCUT2D eigenvalue weighted by molar-refractivity contribution is -0.143. The Hall–Kier alpha value is -1.92. The summed E-state index contributed by atoms with van der Waals surface area (Å²) < 4.78 is 5.46. The van der Waals surface area contributed by atoms with E-state index in [2.05, 4.69) is 55.6 Å². The zero-order chi connectivity index (χ0) is 42.3. The molecule has 6 heteroatoms. The van der Waals surface area contributed by atoms with E-state index in [1.807, 2.05) is 0 Å². The summed E-state index contributed by atoms with van der Waals surface area (Å²) in [6.45, 7) is 4.85. The molecule has 0 radical (unpaired) electrons. The van der Waals surface area contributed by atoms with Crippen molar-refractivity contribution in [1.29, 1.82) is 0 Å². The Balaban J connectivity index is 3.46. The number of unbranched alkanes of at least 4 members (excludes halogenated alkanes) is 29. The summed E-state index contributed by atoms with van der Waals surface area (Å²) >= 11 is 0. The lowest BCUT2D eigenvalue weighted by Gasteiger charge is -2.22. The van der Waals surface area contributed by atoms with Gasteiger partial charge in [0.1, 0.15) is 0 Å². The summed E-state index contributed by atoms with van der Waals surface area (Å²) in [5.74, 6) is -0.0860. The van der Waals surface area contributed by atoms with E-state index in [-0.39, 0.29) is 18.5 Å². The van der Waals surface area contributed by atoms with Crippen LogP contribution in [0.3, 0.4) is 0 Å². The summed E-state index contributed by atoms with van der Waals surface area (Å²) in [6, 6.07) is -0.560. The van der Waals surface area contributed by atoms with Crippen molar-refractivity contribution in [3.8, 4) is 0 Å². The van der Waals surface area contributed by atoms with Gasteiger partial charge < -0.3 is 20.3 Å². The molecule has 1 amide bonds. The van der Waals surface area contributed by atoms with Crippen LogP contribution in [0.4, 0.5) is 0 Å². The zero-order valence-corrected chi connectivity index (χ0v) is 38.5. The molecule has 0 aromatic heterocycles. The molecule has 0 rings (SSSR count). The minimum atomic E-state index is -0.679. The highest BCUT2D eigenvalue weighted by atomic mass is 16.5. The Bertz CT molecular complexity index is 946. The number of aliphatic hydroxyl groups is 2. The van der Waals surface area contributed by atoms with Crippen molar-refractivity contribution < 1.29 is 24.5 Å². The van der Waals surface area contributed by atoms with Crippen molar-refractivity contribution in [3.63, 3.8) is 0 Å². The maximum Gasteiger partial charge on any atom is 0.305 e. The van der Waals surface area contributed by atoms with E-state index >= 15 is 0 Å². The smallest absolute Gasteiger partial charge is 0.305 e. The molecule has 2 unspecified atom stereocenters. The minimum Gasteiger partial charge on any atom is -0.466 e. The van der Waals surface area contributed by atoms with Gasteiger partial charge in [0.15, 0.2) is 0 Å². The van der Waals surface area contributed by atoms with Gasteiger partial charge in [0.05, 0.1) is 25.4 Å². The molecule has 340 valence electrons. The molecular formula is C52H97NO5.